The standard InChI is InChI=1S/C18H27N5OS/c1-4-22-8-10-23(11-9-22)15-5-6-16(14(2)13-15)19-18-20-17(21-25-18)7-12-24-3/h5-6,13H,4,7-12H2,1-3H3,(H,19,20,21). The van der Waals surface area contributed by atoms with Gasteiger partial charge in [0.15, 0.2) is 0 Å². The van der Waals surface area contributed by atoms with Gasteiger partial charge in [0, 0.05) is 62.6 Å². The summed E-state index contributed by atoms with van der Waals surface area (Å²) in [6, 6.07) is 6.60. The first-order valence-corrected chi connectivity index (χ1v) is 9.63. The molecule has 0 atom stereocenters. The van der Waals surface area contributed by atoms with Gasteiger partial charge in [-0.25, -0.2) is 4.98 Å². The number of benzene rings is 1. The number of aromatic nitrogens is 2. The van der Waals surface area contributed by atoms with Crippen molar-refractivity contribution in [3.63, 3.8) is 0 Å². The van der Waals surface area contributed by atoms with E-state index in [4.69, 9.17) is 4.74 Å². The number of methoxy groups -OCH3 is 1. The number of likely N-dealkylation sites (N-methyl/N-ethyl adjacent to an activating group) is 1. The molecule has 25 heavy (non-hydrogen) atoms. The Balaban J connectivity index is 1.63. The van der Waals surface area contributed by atoms with Crippen LogP contribution in [0, 0.1) is 6.92 Å². The Morgan fingerprint density at radius 3 is 2.72 bits per heavy atom. The molecule has 3 rings (SSSR count). The zero-order valence-corrected chi connectivity index (χ0v) is 16.1. The molecule has 0 bridgehead atoms. The molecule has 2 aromatic rings. The van der Waals surface area contributed by atoms with Crippen molar-refractivity contribution in [2.75, 3.05) is 56.7 Å². The van der Waals surface area contributed by atoms with Gasteiger partial charge in [-0.3, -0.25) is 0 Å². The van der Waals surface area contributed by atoms with Crippen LogP contribution in [0.15, 0.2) is 18.2 Å². The third-order valence-corrected chi connectivity index (χ3v) is 5.30. The average Bonchev–Trinajstić information content (AvgIpc) is 3.09. The summed E-state index contributed by atoms with van der Waals surface area (Å²) in [5, 5.41) is 4.22. The Hall–Kier alpha value is -1.70. The number of hydrogen-bond donors (Lipinski definition) is 1. The van der Waals surface area contributed by atoms with Gasteiger partial charge in [-0.2, -0.15) is 4.37 Å². The minimum Gasteiger partial charge on any atom is -0.384 e. The van der Waals surface area contributed by atoms with Crippen LogP contribution >= 0.6 is 11.5 Å². The van der Waals surface area contributed by atoms with E-state index in [1.165, 1.54) is 22.8 Å². The van der Waals surface area contributed by atoms with Crippen LogP contribution in [0.5, 0.6) is 0 Å². The highest BCUT2D eigenvalue weighted by Gasteiger charge is 2.16. The van der Waals surface area contributed by atoms with Crippen molar-refractivity contribution in [3.05, 3.63) is 29.6 Å². The van der Waals surface area contributed by atoms with Crippen LogP contribution in [-0.4, -0.2) is 60.7 Å². The van der Waals surface area contributed by atoms with Crippen molar-refractivity contribution in [2.24, 2.45) is 0 Å². The molecule has 1 aromatic carbocycles. The molecule has 1 saturated heterocycles. The van der Waals surface area contributed by atoms with Crippen LogP contribution in [0.2, 0.25) is 0 Å². The lowest BCUT2D eigenvalue weighted by molar-refractivity contribution is 0.201. The molecule has 1 N–H and O–H groups in total. The van der Waals surface area contributed by atoms with Gasteiger partial charge < -0.3 is 19.9 Å². The van der Waals surface area contributed by atoms with Gasteiger partial charge >= 0.3 is 0 Å². The van der Waals surface area contributed by atoms with E-state index in [2.05, 4.69) is 56.5 Å². The highest BCUT2D eigenvalue weighted by molar-refractivity contribution is 7.09. The number of anilines is 3. The van der Waals surface area contributed by atoms with E-state index >= 15 is 0 Å². The zero-order chi connectivity index (χ0) is 17.6. The molecule has 7 heteroatoms. The van der Waals surface area contributed by atoms with Gasteiger partial charge in [-0.1, -0.05) is 6.92 Å². The molecule has 136 valence electrons. The second-order valence-corrected chi connectivity index (χ2v) is 7.06. The maximum Gasteiger partial charge on any atom is 0.207 e. The Morgan fingerprint density at radius 1 is 1.24 bits per heavy atom. The molecular weight excluding hydrogens is 334 g/mol. The normalized spacial score (nSPS) is 15.6. The first-order chi connectivity index (χ1) is 12.2. The van der Waals surface area contributed by atoms with Gasteiger partial charge in [-0.05, 0) is 37.2 Å². The molecule has 2 heterocycles. The number of hydrogen-bond acceptors (Lipinski definition) is 7. The molecular formula is C18H27N5OS. The van der Waals surface area contributed by atoms with E-state index in [1.807, 2.05) is 0 Å². The number of piperazine rings is 1. The van der Waals surface area contributed by atoms with Gasteiger partial charge in [0.1, 0.15) is 5.82 Å². The summed E-state index contributed by atoms with van der Waals surface area (Å²) in [7, 11) is 1.69. The lowest BCUT2D eigenvalue weighted by Gasteiger charge is -2.35. The zero-order valence-electron chi connectivity index (χ0n) is 15.3. The lowest BCUT2D eigenvalue weighted by atomic mass is 10.1. The number of nitrogens with one attached hydrogen (secondary N) is 1. The Labute approximate surface area is 154 Å². The van der Waals surface area contributed by atoms with Crippen LogP contribution in [0.25, 0.3) is 0 Å². The first-order valence-electron chi connectivity index (χ1n) is 8.86. The summed E-state index contributed by atoms with van der Waals surface area (Å²) in [6.45, 7) is 10.6. The molecule has 0 radical (unpaired) electrons. The molecule has 1 fully saturated rings. The van der Waals surface area contributed by atoms with Gasteiger partial charge in [0.05, 0.1) is 6.61 Å². The number of rotatable bonds is 7. The van der Waals surface area contributed by atoms with E-state index in [0.29, 0.717) is 6.61 Å². The van der Waals surface area contributed by atoms with E-state index in [9.17, 15) is 0 Å². The fourth-order valence-corrected chi connectivity index (χ4v) is 3.65. The smallest absolute Gasteiger partial charge is 0.207 e. The first kappa shape index (κ1) is 18.1. The lowest BCUT2D eigenvalue weighted by Crippen LogP contribution is -2.46. The molecule has 0 saturated carbocycles. The Kier molecular flexibility index (Phi) is 6.23. The molecule has 1 aliphatic heterocycles. The van der Waals surface area contributed by atoms with Gasteiger partial charge in [0.2, 0.25) is 5.13 Å². The number of nitrogens with zero attached hydrogens (tertiary/aromatic N) is 4. The minimum atomic E-state index is 0.648. The molecule has 0 unspecified atom stereocenters. The van der Waals surface area contributed by atoms with Crippen molar-refractivity contribution in [1.82, 2.24) is 14.3 Å². The van der Waals surface area contributed by atoms with E-state index in [-0.39, 0.29) is 0 Å². The summed E-state index contributed by atoms with van der Waals surface area (Å²) in [5.41, 5.74) is 3.62. The Morgan fingerprint density at radius 2 is 2.04 bits per heavy atom. The van der Waals surface area contributed by atoms with Crippen molar-refractivity contribution >= 4 is 28.0 Å². The quantitative estimate of drug-likeness (QED) is 0.818. The van der Waals surface area contributed by atoms with Crippen LogP contribution in [0.4, 0.5) is 16.5 Å². The molecule has 6 nitrogen and oxygen atoms in total. The van der Waals surface area contributed by atoms with Gasteiger partial charge in [-0.15, -0.1) is 0 Å². The Bertz CT molecular complexity index is 682. The third-order valence-electron chi connectivity index (χ3n) is 4.63. The summed E-state index contributed by atoms with van der Waals surface area (Å²) >= 11 is 1.39. The molecule has 0 spiro atoms. The fraction of sp³-hybridized carbons (Fsp3) is 0.556. The highest BCUT2D eigenvalue weighted by atomic mass is 32.1. The van der Waals surface area contributed by atoms with Crippen molar-refractivity contribution in [3.8, 4) is 0 Å². The predicted octanol–water partition coefficient (Wildman–Crippen LogP) is 2.92. The van der Waals surface area contributed by atoms with Crippen molar-refractivity contribution in [1.29, 1.82) is 0 Å². The van der Waals surface area contributed by atoms with Crippen LogP contribution in [-0.2, 0) is 11.2 Å². The largest absolute Gasteiger partial charge is 0.384 e. The number of ether oxygens (including phenoxy) is 1. The topological polar surface area (TPSA) is 53.5 Å². The SMILES string of the molecule is CCN1CCN(c2ccc(Nc3nc(CCOC)ns3)c(C)c2)CC1. The third kappa shape index (κ3) is 4.68. The predicted molar refractivity (Wildman–Crippen MR) is 104 cm³/mol. The summed E-state index contributed by atoms with van der Waals surface area (Å²) < 4.78 is 9.43. The van der Waals surface area contributed by atoms with Crippen LogP contribution < -0.4 is 10.2 Å². The van der Waals surface area contributed by atoms with Crippen LogP contribution in [0.1, 0.15) is 18.3 Å². The second kappa shape index (κ2) is 8.60. The van der Waals surface area contributed by atoms with E-state index in [0.717, 1.165) is 55.8 Å². The maximum atomic E-state index is 5.07. The highest BCUT2D eigenvalue weighted by Crippen LogP contribution is 2.27. The maximum absolute atomic E-state index is 5.07. The number of aryl methyl sites for hydroxylation is 1. The average molecular weight is 362 g/mol. The summed E-state index contributed by atoms with van der Waals surface area (Å²) in [5.74, 6) is 0.831. The monoisotopic (exact) mass is 361 g/mol. The van der Waals surface area contributed by atoms with Gasteiger partial charge in [0.25, 0.3) is 0 Å². The molecule has 0 amide bonds. The molecule has 1 aliphatic rings. The molecule has 1 aromatic heterocycles. The van der Waals surface area contributed by atoms with E-state index in [1.54, 1.807) is 7.11 Å². The second-order valence-electron chi connectivity index (χ2n) is 6.30. The fourth-order valence-electron chi connectivity index (χ4n) is 3.02. The van der Waals surface area contributed by atoms with Crippen molar-refractivity contribution < 1.29 is 4.74 Å². The molecule has 0 aliphatic carbocycles. The van der Waals surface area contributed by atoms with Crippen molar-refractivity contribution in [2.45, 2.75) is 20.3 Å². The minimum absolute atomic E-state index is 0.648. The van der Waals surface area contributed by atoms with Crippen LogP contribution in [0.3, 0.4) is 0 Å². The summed E-state index contributed by atoms with van der Waals surface area (Å²) in [6.07, 6.45) is 0.746. The summed E-state index contributed by atoms with van der Waals surface area (Å²) in [4.78, 5) is 9.48. The van der Waals surface area contributed by atoms with E-state index < -0.39 is 0 Å².